The number of rotatable bonds is 3. The van der Waals surface area contributed by atoms with E-state index in [0.717, 1.165) is 46.7 Å². The zero-order valence-electron chi connectivity index (χ0n) is 13.7. The standard InChI is InChI=1S/C19H20N2O3/c1-21(12-13-5-3-2-4-6-13)19(22)20-17-15-8-10-23-16(15)11-14-7-9-24-18(14)17/h2-6,11H,7-10,12H2,1H3,(H,20,22). The maximum atomic E-state index is 12.6. The Hall–Kier alpha value is -2.69. The van der Waals surface area contributed by atoms with Gasteiger partial charge in [0.05, 0.1) is 18.9 Å². The SMILES string of the molecule is CN(Cc1ccccc1)C(=O)Nc1c2c(cc3c1OCC3)OCC2. The summed E-state index contributed by atoms with van der Waals surface area (Å²) >= 11 is 0. The monoisotopic (exact) mass is 324 g/mol. The second-order valence-corrected chi connectivity index (χ2v) is 6.19. The van der Waals surface area contributed by atoms with Crippen LogP contribution in [0.5, 0.6) is 11.5 Å². The summed E-state index contributed by atoms with van der Waals surface area (Å²) in [6.45, 7) is 1.86. The van der Waals surface area contributed by atoms with Crippen molar-refractivity contribution in [3.05, 3.63) is 53.1 Å². The first-order chi connectivity index (χ1) is 11.7. The number of amides is 2. The molecule has 2 amide bonds. The molecule has 0 aromatic heterocycles. The molecular formula is C19H20N2O3. The van der Waals surface area contributed by atoms with Crippen LogP contribution in [0.15, 0.2) is 36.4 Å². The van der Waals surface area contributed by atoms with E-state index in [4.69, 9.17) is 9.47 Å². The highest BCUT2D eigenvalue weighted by Gasteiger charge is 2.28. The summed E-state index contributed by atoms with van der Waals surface area (Å²) in [5.74, 6) is 1.68. The molecule has 4 rings (SSSR count). The predicted molar refractivity (Wildman–Crippen MR) is 91.8 cm³/mol. The number of hydrogen-bond acceptors (Lipinski definition) is 3. The van der Waals surface area contributed by atoms with Crippen LogP contribution in [0.3, 0.4) is 0 Å². The van der Waals surface area contributed by atoms with Crippen LogP contribution in [0.25, 0.3) is 0 Å². The number of benzene rings is 2. The second-order valence-electron chi connectivity index (χ2n) is 6.19. The van der Waals surface area contributed by atoms with Crippen LogP contribution in [-0.2, 0) is 19.4 Å². The lowest BCUT2D eigenvalue weighted by Gasteiger charge is -2.20. The number of ether oxygens (including phenoxy) is 2. The zero-order valence-corrected chi connectivity index (χ0v) is 13.7. The molecule has 5 nitrogen and oxygen atoms in total. The minimum atomic E-state index is -0.142. The molecule has 2 aromatic rings. The first kappa shape index (κ1) is 14.9. The van der Waals surface area contributed by atoms with E-state index in [0.29, 0.717) is 19.8 Å². The summed E-state index contributed by atoms with van der Waals surface area (Å²) in [6.07, 6.45) is 1.65. The van der Waals surface area contributed by atoms with Gasteiger partial charge in [0, 0.05) is 37.6 Å². The molecule has 0 aliphatic carbocycles. The van der Waals surface area contributed by atoms with Crippen LogP contribution >= 0.6 is 0 Å². The van der Waals surface area contributed by atoms with Gasteiger partial charge in [0.2, 0.25) is 0 Å². The largest absolute Gasteiger partial charge is 0.493 e. The first-order valence-electron chi connectivity index (χ1n) is 8.23. The highest BCUT2D eigenvalue weighted by Crippen LogP contribution is 2.44. The van der Waals surface area contributed by atoms with Crippen molar-refractivity contribution in [1.82, 2.24) is 4.90 Å². The minimum Gasteiger partial charge on any atom is -0.493 e. The minimum absolute atomic E-state index is 0.142. The average Bonchev–Trinajstić information content (AvgIpc) is 3.24. The normalized spacial score (nSPS) is 14.4. The van der Waals surface area contributed by atoms with Crippen LogP contribution < -0.4 is 14.8 Å². The third kappa shape index (κ3) is 2.66. The Morgan fingerprint density at radius 1 is 1.17 bits per heavy atom. The number of fused-ring (bicyclic) bond motifs is 2. The molecule has 0 radical (unpaired) electrons. The van der Waals surface area contributed by atoms with E-state index in [1.54, 1.807) is 11.9 Å². The molecule has 124 valence electrons. The molecule has 0 saturated heterocycles. The Labute approximate surface area is 141 Å². The van der Waals surface area contributed by atoms with E-state index in [1.165, 1.54) is 0 Å². The Bertz CT molecular complexity index is 742. The lowest BCUT2D eigenvalue weighted by Crippen LogP contribution is -2.31. The number of carbonyl (C=O) groups is 1. The van der Waals surface area contributed by atoms with Gasteiger partial charge in [-0.1, -0.05) is 30.3 Å². The topological polar surface area (TPSA) is 50.8 Å². The molecule has 2 heterocycles. The van der Waals surface area contributed by atoms with E-state index in [-0.39, 0.29) is 6.03 Å². The van der Waals surface area contributed by atoms with Crippen LogP contribution in [-0.4, -0.2) is 31.2 Å². The fraction of sp³-hybridized carbons (Fsp3) is 0.316. The van der Waals surface area contributed by atoms with Gasteiger partial charge in [0.1, 0.15) is 11.5 Å². The van der Waals surface area contributed by atoms with Gasteiger partial charge in [-0.3, -0.25) is 0 Å². The number of anilines is 1. The maximum Gasteiger partial charge on any atom is 0.322 e. The van der Waals surface area contributed by atoms with Crippen molar-refractivity contribution >= 4 is 11.7 Å². The molecule has 0 atom stereocenters. The molecule has 2 aromatic carbocycles. The molecule has 0 unspecified atom stereocenters. The fourth-order valence-corrected chi connectivity index (χ4v) is 3.25. The zero-order chi connectivity index (χ0) is 16.5. The van der Waals surface area contributed by atoms with Gasteiger partial charge in [-0.25, -0.2) is 4.79 Å². The van der Waals surface area contributed by atoms with Crippen LogP contribution in [0.2, 0.25) is 0 Å². The molecule has 5 heteroatoms. The summed E-state index contributed by atoms with van der Waals surface area (Å²) in [4.78, 5) is 14.3. The van der Waals surface area contributed by atoms with Crippen molar-refractivity contribution in [1.29, 1.82) is 0 Å². The van der Waals surface area contributed by atoms with Gasteiger partial charge in [0.25, 0.3) is 0 Å². The molecule has 24 heavy (non-hydrogen) atoms. The number of hydrogen-bond donors (Lipinski definition) is 1. The van der Waals surface area contributed by atoms with Crippen molar-refractivity contribution in [2.24, 2.45) is 0 Å². The highest BCUT2D eigenvalue weighted by molar-refractivity contribution is 5.93. The van der Waals surface area contributed by atoms with E-state index >= 15 is 0 Å². The van der Waals surface area contributed by atoms with Crippen LogP contribution in [0.1, 0.15) is 16.7 Å². The van der Waals surface area contributed by atoms with Gasteiger partial charge in [-0.05, 0) is 11.6 Å². The number of urea groups is 1. The van der Waals surface area contributed by atoms with Crippen LogP contribution in [0.4, 0.5) is 10.5 Å². The quantitative estimate of drug-likeness (QED) is 0.943. The Balaban J connectivity index is 1.56. The summed E-state index contributed by atoms with van der Waals surface area (Å²) < 4.78 is 11.4. The first-order valence-corrected chi connectivity index (χ1v) is 8.23. The summed E-state index contributed by atoms with van der Waals surface area (Å²) in [5.41, 5.74) is 4.02. The summed E-state index contributed by atoms with van der Waals surface area (Å²) in [6, 6.07) is 11.9. The Morgan fingerprint density at radius 3 is 2.79 bits per heavy atom. The number of nitrogens with one attached hydrogen (secondary N) is 1. The van der Waals surface area contributed by atoms with Crippen molar-refractivity contribution < 1.29 is 14.3 Å². The van der Waals surface area contributed by atoms with Gasteiger partial charge < -0.3 is 19.7 Å². The van der Waals surface area contributed by atoms with Gasteiger partial charge in [0.15, 0.2) is 0 Å². The van der Waals surface area contributed by atoms with E-state index in [9.17, 15) is 4.79 Å². The smallest absolute Gasteiger partial charge is 0.322 e. The predicted octanol–water partition coefficient (Wildman–Crippen LogP) is 3.22. The lowest BCUT2D eigenvalue weighted by atomic mass is 10.0. The maximum absolute atomic E-state index is 12.6. The Morgan fingerprint density at radius 2 is 1.96 bits per heavy atom. The number of carbonyl (C=O) groups excluding carboxylic acids is 1. The van der Waals surface area contributed by atoms with Crippen molar-refractivity contribution in [3.63, 3.8) is 0 Å². The van der Waals surface area contributed by atoms with Crippen LogP contribution in [0, 0.1) is 0 Å². The molecule has 0 spiro atoms. The Kier molecular flexibility index (Phi) is 3.76. The fourth-order valence-electron chi connectivity index (χ4n) is 3.25. The van der Waals surface area contributed by atoms with E-state index < -0.39 is 0 Å². The number of nitrogens with zero attached hydrogens (tertiary/aromatic N) is 1. The molecule has 2 aliphatic rings. The molecule has 0 bridgehead atoms. The molecule has 0 fully saturated rings. The lowest BCUT2D eigenvalue weighted by molar-refractivity contribution is 0.220. The second kappa shape index (κ2) is 6.07. The molecule has 1 N–H and O–H groups in total. The summed E-state index contributed by atoms with van der Waals surface area (Å²) in [5, 5.41) is 3.04. The van der Waals surface area contributed by atoms with Gasteiger partial charge >= 0.3 is 6.03 Å². The van der Waals surface area contributed by atoms with Crippen molar-refractivity contribution in [3.8, 4) is 11.5 Å². The molecular weight excluding hydrogens is 304 g/mol. The highest BCUT2D eigenvalue weighted by atomic mass is 16.5. The molecule has 0 saturated carbocycles. The molecule has 2 aliphatic heterocycles. The third-order valence-corrected chi connectivity index (χ3v) is 4.49. The van der Waals surface area contributed by atoms with Gasteiger partial charge in [-0.15, -0.1) is 0 Å². The van der Waals surface area contributed by atoms with E-state index in [2.05, 4.69) is 5.32 Å². The van der Waals surface area contributed by atoms with Gasteiger partial charge in [-0.2, -0.15) is 0 Å². The van der Waals surface area contributed by atoms with Crippen molar-refractivity contribution in [2.45, 2.75) is 19.4 Å². The third-order valence-electron chi connectivity index (χ3n) is 4.49. The average molecular weight is 324 g/mol. The summed E-state index contributed by atoms with van der Waals surface area (Å²) in [7, 11) is 1.79. The van der Waals surface area contributed by atoms with Crippen molar-refractivity contribution in [2.75, 3.05) is 25.6 Å². The van der Waals surface area contributed by atoms with E-state index in [1.807, 2.05) is 36.4 Å².